The van der Waals surface area contributed by atoms with Gasteiger partial charge in [-0.25, -0.2) is 4.39 Å². The van der Waals surface area contributed by atoms with E-state index in [1.165, 1.54) is 0 Å². The second-order valence-electron chi connectivity index (χ2n) is 6.63. The maximum absolute atomic E-state index is 14.2. The van der Waals surface area contributed by atoms with E-state index in [9.17, 15) is 4.39 Å². The first-order valence-electron chi connectivity index (χ1n) is 7.77. The number of piperidine rings is 2. The summed E-state index contributed by atoms with van der Waals surface area (Å²) in [7, 11) is 2.15. The van der Waals surface area contributed by atoms with E-state index in [-0.39, 0.29) is 17.7 Å². The first-order valence-corrected chi connectivity index (χ1v) is 7.77. The summed E-state index contributed by atoms with van der Waals surface area (Å²) in [4.78, 5) is 4.59. The standard InChI is InChI=1S/C14H27FN4O/c1-18-6-7-20-14(10-18)2-4-19(5-3-14)13-11(15)8-17-9-12(13)16/h11-13,17H,2-10,16H2,1H3. The lowest BCUT2D eigenvalue weighted by Gasteiger charge is -2.50. The molecule has 3 heterocycles. The molecule has 0 amide bonds. The molecule has 3 N–H and O–H groups in total. The van der Waals surface area contributed by atoms with Gasteiger partial charge in [-0.3, -0.25) is 4.90 Å². The Bertz CT molecular complexity index is 325. The predicted molar refractivity (Wildman–Crippen MR) is 76.5 cm³/mol. The summed E-state index contributed by atoms with van der Waals surface area (Å²) >= 11 is 0. The number of halogens is 1. The van der Waals surface area contributed by atoms with E-state index in [1.807, 2.05) is 0 Å². The summed E-state index contributed by atoms with van der Waals surface area (Å²) in [6.07, 6.45) is 1.12. The average Bonchev–Trinajstić information content (AvgIpc) is 2.41. The van der Waals surface area contributed by atoms with Crippen LogP contribution in [0.3, 0.4) is 0 Å². The second kappa shape index (κ2) is 5.85. The van der Waals surface area contributed by atoms with Crippen LogP contribution in [0.15, 0.2) is 0 Å². The van der Waals surface area contributed by atoms with Gasteiger partial charge in [-0.1, -0.05) is 0 Å². The third-order valence-electron chi connectivity index (χ3n) is 5.10. The minimum atomic E-state index is -0.859. The fourth-order valence-electron chi connectivity index (χ4n) is 3.96. The van der Waals surface area contributed by atoms with E-state index in [2.05, 4.69) is 22.2 Å². The molecule has 3 aliphatic rings. The van der Waals surface area contributed by atoms with Crippen molar-refractivity contribution in [1.82, 2.24) is 15.1 Å². The maximum Gasteiger partial charge on any atom is 0.129 e. The molecule has 1 spiro atoms. The highest BCUT2D eigenvalue weighted by molar-refractivity contribution is 4.99. The molecule has 0 aromatic carbocycles. The van der Waals surface area contributed by atoms with Gasteiger partial charge in [0.1, 0.15) is 6.17 Å². The monoisotopic (exact) mass is 286 g/mol. The SMILES string of the molecule is CN1CCOC2(CCN(C3C(N)CNCC3F)CC2)C1. The fraction of sp³-hybridized carbons (Fsp3) is 1.00. The Morgan fingerprint density at radius 2 is 2.00 bits per heavy atom. The van der Waals surface area contributed by atoms with Crippen molar-refractivity contribution in [2.75, 3.05) is 52.9 Å². The van der Waals surface area contributed by atoms with Gasteiger partial charge in [0.2, 0.25) is 0 Å². The van der Waals surface area contributed by atoms with Gasteiger partial charge in [0.05, 0.1) is 18.2 Å². The quantitative estimate of drug-likeness (QED) is 0.675. The summed E-state index contributed by atoms with van der Waals surface area (Å²) in [6.45, 7) is 5.76. The number of nitrogens with zero attached hydrogens (tertiary/aromatic N) is 2. The molecule has 20 heavy (non-hydrogen) atoms. The Hall–Kier alpha value is -0.270. The van der Waals surface area contributed by atoms with Crippen LogP contribution in [-0.2, 0) is 4.74 Å². The van der Waals surface area contributed by atoms with Gasteiger partial charge in [0.25, 0.3) is 0 Å². The lowest BCUT2D eigenvalue weighted by molar-refractivity contribution is -0.137. The molecular weight excluding hydrogens is 259 g/mol. The van der Waals surface area contributed by atoms with E-state index in [0.29, 0.717) is 13.1 Å². The smallest absolute Gasteiger partial charge is 0.129 e. The van der Waals surface area contributed by atoms with Gasteiger partial charge < -0.3 is 20.7 Å². The summed E-state index contributed by atoms with van der Waals surface area (Å²) in [5.41, 5.74) is 6.10. The van der Waals surface area contributed by atoms with Gasteiger partial charge in [-0.15, -0.1) is 0 Å². The lowest BCUT2D eigenvalue weighted by Crippen LogP contribution is -2.65. The van der Waals surface area contributed by atoms with Crippen molar-refractivity contribution in [3.05, 3.63) is 0 Å². The van der Waals surface area contributed by atoms with E-state index in [4.69, 9.17) is 10.5 Å². The molecule has 0 aliphatic carbocycles. The third kappa shape index (κ3) is 2.85. The molecule has 3 saturated heterocycles. The van der Waals surface area contributed by atoms with Crippen LogP contribution in [0.25, 0.3) is 0 Å². The number of likely N-dealkylation sites (N-methyl/N-ethyl adjacent to an activating group) is 1. The molecule has 3 rings (SSSR count). The first-order chi connectivity index (χ1) is 9.60. The molecule has 0 saturated carbocycles. The summed E-state index contributed by atoms with van der Waals surface area (Å²) in [6, 6.07) is -0.238. The van der Waals surface area contributed by atoms with Crippen LogP contribution in [0.1, 0.15) is 12.8 Å². The van der Waals surface area contributed by atoms with Crippen molar-refractivity contribution >= 4 is 0 Å². The number of alkyl halides is 1. The van der Waals surface area contributed by atoms with Crippen molar-refractivity contribution in [2.45, 2.75) is 36.7 Å². The topological polar surface area (TPSA) is 53.8 Å². The van der Waals surface area contributed by atoms with Crippen LogP contribution in [0.5, 0.6) is 0 Å². The molecule has 0 bridgehead atoms. The summed E-state index contributed by atoms with van der Waals surface area (Å²) in [5, 5.41) is 3.06. The number of likely N-dealkylation sites (tertiary alicyclic amines) is 1. The highest BCUT2D eigenvalue weighted by Crippen LogP contribution is 2.31. The van der Waals surface area contributed by atoms with Crippen molar-refractivity contribution in [3.63, 3.8) is 0 Å². The molecule has 3 unspecified atom stereocenters. The molecule has 6 heteroatoms. The highest BCUT2D eigenvalue weighted by Gasteiger charge is 2.43. The zero-order valence-electron chi connectivity index (χ0n) is 12.4. The highest BCUT2D eigenvalue weighted by atomic mass is 19.1. The van der Waals surface area contributed by atoms with Crippen molar-refractivity contribution in [1.29, 1.82) is 0 Å². The Morgan fingerprint density at radius 3 is 2.65 bits per heavy atom. The molecule has 3 atom stereocenters. The van der Waals surface area contributed by atoms with Gasteiger partial charge >= 0.3 is 0 Å². The molecule has 0 radical (unpaired) electrons. The van der Waals surface area contributed by atoms with Crippen molar-refractivity contribution < 1.29 is 9.13 Å². The van der Waals surface area contributed by atoms with Gasteiger partial charge in [-0.2, -0.15) is 0 Å². The molecule has 0 aromatic rings. The van der Waals surface area contributed by atoms with Gasteiger partial charge in [0, 0.05) is 45.3 Å². The average molecular weight is 286 g/mol. The van der Waals surface area contributed by atoms with Gasteiger partial charge in [0.15, 0.2) is 0 Å². The van der Waals surface area contributed by atoms with Crippen molar-refractivity contribution in [3.8, 4) is 0 Å². The molecular formula is C14H27FN4O. The van der Waals surface area contributed by atoms with Gasteiger partial charge in [-0.05, 0) is 19.9 Å². The van der Waals surface area contributed by atoms with Crippen LogP contribution in [0, 0.1) is 0 Å². The molecule has 5 nitrogen and oxygen atoms in total. The Kier molecular flexibility index (Phi) is 4.29. The molecule has 0 aromatic heterocycles. The number of morpholine rings is 1. The third-order valence-corrected chi connectivity index (χ3v) is 5.10. The van der Waals surface area contributed by atoms with Crippen molar-refractivity contribution in [2.24, 2.45) is 5.73 Å². The first kappa shape index (κ1) is 14.7. The predicted octanol–water partition coefficient (Wildman–Crippen LogP) is -0.580. The Balaban J connectivity index is 1.60. The van der Waals surface area contributed by atoms with E-state index >= 15 is 0 Å². The lowest BCUT2D eigenvalue weighted by atomic mass is 9.87. The Morgan fingerprint density at radius 1 is 1.25 bits per heavy atom. The van der Waals surface area contributed by atoms with Crippen LogP contribution < -0.4 is 11.1 Å². The number of ether oxygens (including phenoxy) is 1. The summed E-state index contributed by atoms with van der Waals surface area (Å²) < 4.78 is 20.2. The number of nitrogens with one attached hydrogen (secondary N) is 1. The van der Waals surface area contributed by atoms with Crippen LogP contribution in [-0.4, -0.2) is 86.6 Å². The second-order valence-corrected chi connectivity index (χ2v) is 6.63. The zero-order chi connectivity index (χ0) is 14.2. The molecule has 116 valence electrons. The molecule has 3 fully saturated rings. The minimum Gasteiger partial charge on any atom is -0.372 e. The summed E-state index contributed by atoms with van der Waals surface area (Å²) in [5.74, 6) is 0. The number of rotatable bonds is 1. The Labute approximate surface area is 120 Å². The van der Waals surface area contributed by atoms with E-state index in [0.717, 1.165) is 45.6 Å². The van der Waals surface area contributed by atoms with Crippen LogP contribution in [0.4, 0.5) is 4.39 Å². The minimum absolute atomic E-state index is 0.00762. The van der Waals surface area contributed by atoms with E-state index in [1.54, 1.807) is 0 Å². The number of hydrogen-bond donors (Lipinski definition) is 2. The molecule has 3 aliphatic heterocycles. The largest absolute Gasteiger partial charge is 0.372 e. The number of nitrogens with two attached hydrogens (primary N) is 1. The maximum atomic E-state index is 14.2. The van der Waals surface area contributed by atoms with Crippen LogP contribution in [0.2, 0.25) is 0 Å². The normalized spacial score (nSPS) is 40.0. The fourth-order valence-corrected chi connectivity index (χ4v) is 3.96. The zero-order valence-corrected chi connectivity index (χ0v) is 12.4. The van der Waals surface area contributed by atoms with Crippen LogP contribution >= 0.6 is 0 Å². The number of hydrogen-bond acceptors (Lipinski definition) is 5. The van der Waals surface area contributed by atoms with E-state index < -0.39 is 6.17 Å².